The van der Waals surface area contributed by atoms with Crippen molar-refractivity contribution in [3.05, 3.63) is 28.8 Å². The van der Waals surface area contributed by atoms with Crippen LogP contribution in [-0.2, 0) is 4.79 Å². The van der Waals surface area contributed by atoms with Gasteiger partial charge in [-0.05, 0) is 56.6 Å². The van der Waals surface area contributed by atoms with Crippen LogP contribution in [0.15, 0.2) is 18.2 Å². The van der Waals surface area contributed by atoms with Gasteiger partial charge in [0.15, 0.2) is 11.5 Å². The molecule has 1 fully saturated rings. The third-order valence-corrected chi connectivity index (χ3v) is 4.44. The van der Waals surface area contributed by atoms with E-state index >= 15 is 0 Å². The van der Waals surface area contributed by atoms with Crippen LogP contribution in [0.2, 0.25) is 5.02 Å². The number of carbonyl (C=O) groups is 1. The summed E-state index contributed by atoms with van der Waals surface area (Å²) in [4.78, 5) is 14.2. The van der Waals surface area contributed by atoms with Crippen molar-refractivity contribution in [3.63, 3.8) is 0 Å². The average Bonchev–Trinajstić information content (AvgIpc) is 2.61. The second-order valence-electron chi connectivity index (χ2n) is 5.73. The third kappa shape index (κ3) is 4.65. The van der Waals surface area contributed by atoms with Gasteiger partial charge in [0, 0.05) is 19.2 Å². The molecule has 1 heterocycles. The minimum absolute atomic E-state index is 0.00845. The van der Waals surface area contributed by atoms with Gasteiger partial charge in [-0.3, -0.25) is 4.79 Å². The van der Waals surface area contributed by atoms with Crippen LogP contribution >= 0.6 is 11.6 Å². The number of benzene rings is 1. The third-order valence-electron chi connectivity index (χ3n) is 4.16. The van der Waals surface area contributed by atoms with Crippen LogP contribution in [-0.4, -0.2) is 50.7 Å². The Balaban J connectivity index is 2.10. The molecule has 1 aliphatic rings. The highest BCUT2D eigenvalue weighted by atomic mass is 35.5. The van der Waals surface area contributed by atoms with E-state index in [1.807, 2.05) is 24.9 Å². The molecule has 1 saturated heterocycles. The normalized spacial score (nSPS) is 15.5. The van der Waals surface area contributed by atoms with Crippen LogP contribution in [0.25, 0.3) is 6.08 Å². The second kappa shape index (κ2) is 8.94. The fourth-order valence-electron chi connectivity index (χ4n) is 2.78. The van der Waals surface area contributed by atoms with E-state index < -0.39 is 0 Å². The second-order valence-corrected chi connectivity index (χ2v) is 6.14. The van der Waals surface area contributed by atoms with E-state index in [2.05, 4.69) is 5.32 Å². The zero-order valence-corrected chi connectivity index (χ0v) is 15.2. The maximum Gasteiger partial charge on any atom is 0.246 e. The summed E-state index contributed by atoms with van der Waals surface area (Å²) in [6.45, 7) is 4.30. The number of hydrogen-bond donors (Lipinski definition) is 1. The van der Waals surface area contributed by atoms with Gasteiger partial charge in [0.05, 0.1) is 18.7 Å². The molecule has 0 bridgehead atoms. The molecular weight excluding hydrogens is 328 g/mol. The predicted octanol–water partition coefficient (Wildman–Crippen LogP) is 2.97. The average molecular weight is 353 g/mol. The SMILES string of the molecule is CCOc1c(Cl)cc(/C=C/C(=O)N(C)C2CCNCC2)cc1OC. The number of nitrogens with zero attached hydrogens (tertiary/aromatic N) is 1. The van der Waals surface area contributed by atoms with Gasteiger partial charge >= 0.3 is 0 Å². The van der Waals surface area contributed by atoms with E-state index in [1.165, 1.54) is 0 Å². The number of nitrogens with one attached hydrogen (secondary N) is 1. The molecule has 0 atom stereocenters. The summed E-state index contributed by atoms with van der Waals surface area (Å²) >= 11 is 6.25. The molecule has 1 aliphatic heterocycles. The summed E-state index contributed by atoms with van der Waals surface area (Å²) in [7, 11) is 3.42. The van der Waals surface area contributed by atoms with Crippen molar-refractivity contribution in [2.75, 3.05) is 33.9 Å². The Hall–Kier alpha value is -1.72. The number of likely N-dealkylation sites (N-methyl/N-ethyl adjacent to an activating group) is 1. The van der Waals surface area contributed by atoms with Gasteiger partial charge in [0.1, 0.15) is 0 Å². The molecule has 0 unspecified atom stereocenters. The van der Waals surface area contributed by atoms with E-state index in [0.29, 0.717) is 29.2 Å². The summed E-state index contributed by atoms with van der Waals surface area (Å²) in [6, 6.07) is 3.87. The Morgan fingerprint density at radius 2 is 2.12 bits per heavy atom. The monoisotopic (exact) mass is 352 g/mol. The van der Waals surface area contributed by atoms with E-state index in [-0.39, 0.29) is 5.91 Å². The summed E-state index contributed by atoms with van der Waals surface area (Å²) in [6.07, 6.45) is 5.30. The lowest BCUT2D eigenvalue weighted by molar-refractivity contribution is -0.127. The van der Waals surface area contributed by atoms with Crippen molar-refractivity contribution < 1.29 is 14.3 Å². The minimum atomic E-state index is -0.00845. The first kappa shape index (κ1) is 18.6. The summed E-state index contributed by atoms with van der Waals surface area (Å²) < 4.78 is 10.8. The topological polar surface area (TPSA) is 50.8 Å². The molecule has 0 saturated carbocycles. The van der Waals surface area contributed by atoms with Gasteiger partial charge in [0.2, 0.25) is 5.91 Å². The standard InChI is InChI=1S/C18H25ClN2O3/c1-4-24-18-15(19)11-13(12-16(18)23-3)5-6-17(22)21(2)14-7-9-20-10-8-14/h5-6,11-12,14,20H,4,7-10H2,1-3H3/b6-5+. The van der Waals surface area contributed by atoms with E-state index in [0.717, 1.165) is 31.5 Å². The summed E-state index contributed by atoms with van der Waals surface area (Å²) in [5.74, 6) is 1.07. The first-order chi connectivity index (χ1) is 11.6. The van der Waals surface area contributed by atoms with Crippen LogP contribution in [0, 0.1) is 0 Å². The Bertz CT molecular complexity index is 598. The molecule has 2 rings (SSSR count). The maximum absolute atomic E-state index is 12.4. The molecule has 1 N–H and O–H groups in total. The number of rotatable bonds is 6. The highest BCUT2D eigenvalue weighted by Gasteiger charge is 2.20. The largest absolute Gasteiger partial charge is 0.493 e. The number of amides is 1. The molecule has 0 radical (unpaired) electrons. The smallest absolute Gasteiger partial charge is 0.246 e. The fraction of sp³-hybridized carbons (Fsp3) is 0.500. The zero-order chi connectivity index (χ0) is 17.5. The summed E-state index contributed by atoms with van der Waals surface area (Å²) in [5.41, 5.74) is 0.798. The molecule has 1 aromatic carbocycles. The Morgan fingerprint density at radius 3 is 2.75 bits per heavy atom. The van der Waals surface area contributed by atoms with Crippen molar-refractivity contribution in [1.82, 2.24) is 10.2 Å². The van der Waals surface area contributed by atoms with Gasteiger partial charge in [-0.25, -0.2) is 0 Å². The van der Waals surface area contributed by atoms with Crippen molar-refractivity contribution >= 4 is 23.6 Å². The summed E-state index contributed by atoms with van der Waals surface area (Å²) in [5, 5.41) is 3.77. The number of halogens is 1. The number of hydrogen-bond acceptors (Lipinski definition) is 4. The maximum atomic E-state index is 12.4. The molecular formula is C18H25ClN2O3. The van der Waals surface area contributed by atoms with E-state index in [4.69, 9.17) is 21.1 Å². The lowest BCUT2D eigenvalue weighted by atomic mass is 10.1. The van der Waals surface area contributed by atoms with Gasteiger partial charge in [-0.2, -0.15) is 0 Å². The number of piperidine rings is 1. The zero-order valence-electron chi connectivity index (χ0n) is 14.5. The van der Waals surface area contributed by atoms with E-state index in [1.54, 1.807) is 25.3 Å². The minimum Gasteiger partial charge on any atom is -0.493 e. The predicted molar refractivity (Wildman–Crippen MR) is 96.9 cm³/mol. The van der Waals surface area contributed by atoms with Crippen molar-refractivity contribution in [2.45, 2.75) is 25.8 Å². The highest BCUT2D eigenvalue weighted by molar-refractivity contribution is 6.32. The number of methoxy groups -OCH3 is 1. The molecule has 6 heteroatoms. The quantitative estimate of drug-likeness (QED) is 0.800. The molecule has 132 valence electrons. The Kier molecular flexibility index (Phi) is 6.94. The van der Waals surface area contributed by atoms with Crippen LogP contribution in [0.4, 0.5) is 0 Å². The molecule has 24 heavy (non-hydrogen) atoms. The molecule has 0 aromatic heterocycles. The number of carbonyl (C=O) groups excluding carboxylic acids is 1. The molecule has 1 amide bonds. The lowest BCUT2D eigenvalue weighted by Crippen LogP contribution is -2.43. The number of ether oxygens (including phenoxy) is 2. The van der Waals surface area contributed by atoms with Crippen molar-refractivity contribution in [2.24, 2.45) is 0 Å². The Morgan fingerprint density at radius 1 is 1.42 bits per heavy atom. The molecule has 5 nitrogen and oxygen atoms in total. The van der Waals surface area contributed by atoms with Gasteiger partial charge in [0.25, 0.3) is 0 Å². The van der Waals surface area contributed by atoms with Gasteiger partial charge < -0.3 is 19.7 Å². The van der Waals surface area contributed by atoms with Crippen molar-refractivity contribution in [3.8, 4) is 11.5 Å². The molecule has 1 aromatic rings. The van der Waals surface area contributed by atoms with Crippen LogP contribution in [0.3, 0.4) is 0 Å². The van der Waals surface area contributed by atoms with Crippen LogP contribution in [0.5, 0.6) is 11.5 Å². The van der Waals surface area contributed by atoms with Crippen molar-refractivity contribution in [1.29, 1.82) is 0 Å². The van der Waals surface area contributed by atoms with E-state index in [9.17, 15) is 4.79 Å². The first-order valence-electron chi connectivity index (χ1n) is 8.22. The van der Waals surface area contributed by atoms with Gasteiger partial charge in [-0.1, -0.05) is 11.6 Å². The van der Waals surface area contributed by atoms with Crippen LogP contribution < -0.4 is 14.8 Å². The fourth-order valence-corrected chi connectivity index (χ4v) is 3.05. The lowest BCUT2D eigenvalue weighted by Gasteiger charge is -2.30. The molecule has 0 spiro atoms. The van der Waals surface area contributed by atoms with Gasteiger partial charge in [-0.15, -0.1) is 0 Å². The Labute approximate surface area is 148 Å². The highest BCUT2D eigenvalue weighted by Crippen LogP contribution is 2.36. The van der Waals surface area contributed by atoms with Crippen LogP contribution in [0.1, 0.15) is 25.3 Å². The molecule has 0 aliphatic carbocycles. The first-order valence-corrected chi connectivity index (χ1v) is 8.60.